The Morgan fingerprint density at radius 2 is 1.92 bits per heavy atom. The number of halogens is 3. The van der Waals surface area contributed by atoms with Gasteiger partial charge in [0.25, 0.3) is 0 Å². The first kappa shape index (κ1) is 22.3. The summed E-state index contributed by atoms with van der Waals surface area (Å²) >= 11 is 23.1. The lowest BCUT2D eigenvalue weighted by atomic mass is 10.1. The molecule has 0 spiro atoms. The van der Waals surface area contributed by atoms with Crippen LogP contribution in [0.4, 0.5) is 5.69 Å². The molecule has 0 aliphatic carbocycles. The van der Waals surface area contributed by atoms with Gasteiger partial charge in [0.15, 0.2) is 5.11 Å². The number of hydrogen-bond acceptors (Lipinski definition) is 2. The molecule has 0 saturated carbocycles. The summed E-state index contributed by atoms with van der Waals surface area (Å²) in [6.45, 7) is 4.09. The SMILES string of the molecule is CCCCCCC(=O)N[C@@H](NC(=S)Nc1cccc(C)c1)C(Cl)(Cl)Cl. The normalized spacial score (nSPS) is 12.4. The third-order valence-corrected chi connectivity index (χ3v) is 4.32. The number of hydrogen-bond donors (Lipinski definition) is 3. The van der Waals surface area contributed by atoms with Crippen LogP contribution in [0.3, 0.4) is 0 Å². The molecule has 1 amide bonds. The predicted octanol–water partition coefficient (Wildman–Crippen LogP) is 5.06. The van der Waals surface area contributed by atoms with E-state index < -0.39 is 9.96 Å². The maximum Gasteiger partial charge on any atom is 0.228 e. The van der Waals surface area contributed by atoms with Crippen molar-refractivity contribution >= 4 is 63.7 Å². The number of benzene rings is 1. The number of rotatable bonds is 8. The summed E-state index contributed by atoms with van der Waals surface area (Å²) in [6, 6.07) is 7.69. The minimum atomic E-state index is -1.74. The molecule has 0 aliphatic heterocycles. The van der Waals surface area contributed by atoms with Crippen molar-refractivity contribution in [1.29, 1.82) is 0 Å². The summed E-state index contributed by atoms with van der Waals surface area (Å²) in [6.07, 6.45) is 3.47. The molecule has 0 unspecified atom stereocenters. The second kappa shape index (κ2) is 11.1. The number of aryl methyl sites for hydroxylation is 1. The molecule has 0 radical (unpaired) electrons. The van der Waals surface area contributed by atoms with E-state index in [0.29, 0.717) is 6.42 Å². The molecule has 0 fully saturated rings. The van der Waals surface area contributed by atoms with E-state index in [4.69, 9.17) is 47.0 Å². The standard InChI is InChI=1S/C17H24Cl3N3OS/c1-3-4-5-6-10-14(24)22-15(17(18,19)20)23-16(25)21-13-9-7-8-12(2)11-13/h7-9,11,15H,3-6,10H2,1-2H3,(H,22,24)(H2,21,23,25)/t15-/m0/s1. The van der Waals surface area contributed by atoms with Crippen LogP contribution < -0.4 is 16.0 Å². The quantitative estimate of drug-likeness (QED) is 0.236. The van der Waals surface area contributed by atoms with E-state index >= 15 is 0 Å². The number of amides is 1. The van der Waals surface area contributed by atoms with Gasteiger partial charge in [-0.05, 0) is 43.3 Å². The number of nitrogens with one attached hydrogen (secondary N) is 3. The molecule has 8 heteroatoms. The van der Waals surface area contributed by atoms with Gasteiger partial charge < -0.3 is 16.0 Å². The van der Waals surface area contributed by atoms with E-state index in [1.54, 1.807) is 0 Å². The molecule has 1 rings (SSSR count). The van der Waals surface area contributed by atoms with Gasteiger partial charge in [0.2, 0.25) is 9.70 Å². The summed E-state index contributed by atoms with van der Waals surface area (Å²) in [5.74, 6) is -0.182. The van der Waals surface area contributed by atoms with E-state index in [9.17, 15) is 4.79 Å². The van der Waals surface area contributed by atoms with Crippen molar-refractivity contribution in [2.75, 3.05) is 5.32 Å². The molecule has 0 heterocycles. The molecule has 1 aromatic rings. The summed E-state index contributed by atoms with van der Waals surface area (Å²) in [5, 5.41) is 8.81. The molecule has 1 atom stereocenters. The van der Waals surface area contributed by atoms with E-state index in [1.165, 1.54) is 0 Å². The molecule has 0 saturated heterocycles. The molecule has 0 aliphatic rings. The Balaban J connectivity index is 2.57. The van der Waals surface area contributed by atoms with Crippen LogP contribution in [-0.4, -0.2) is 21.0 Å². The van der Waals surface area contributed by atoms with Gasteiger partial charge in [0.1, 0.15) is 6.17 Å². The van der Waals surface area contributed by atoms with Gasteiger partial charge in [-0.25, -0.2) is 0 Å². The fourth-order valence-corrected chi connectivity index (χ4v) is 2.73. The number of unbranched alkanes of at least 4 members (excludes halogenated alkanes) is 3. The van der Waals surface area contributed by atoms with Crippen molar-refractivity contribution in [3.63, 3.8) is 0 Å². The van der Waals surface area contributed by atoms with Crippen LogP contribution in [0.1, 0.15) is 44.6 Å². The van der Waals surface area contributed by atoms with Gasteiger partial charge in [0, 0.05) is 12.1 Å². The van der Waals surface area contributed by atoms with Gasteiger partial charge in [-0.2, -0.15) is 0 Å². The van der Waals surface area contributed by atoms with E-state index in [2.05, 4.69) is 22.9 Å². The maximum atomic E-state index is 12.1. The average molecular weight is 425 g/mol. The van der Waals surface area contributed by atoms with Crippen LogP contribution in [0.25, 0.3) is 0 Å². The third kappa shape index (κ3) is 9.50. The Hall–Kier alpha value is -0.750. The molecule has 3 N–H and O–H groups in total. The molecule has 0 bridgehead atoms. The molecular formula is C17H24Cl3N3OS. The topological polar surface area (TPSA) is 53.2 Å². The van der Waals surface area contributed by atoms with Gasteiger partial charge in [0.05, 0.1) is 0 Å². The summed E-state index contributed by atoms with van der Waals surface area (Å²) < 4.78 is -1.74. The minimum absolute atomic E-state index is 0.182. The van der Waals surface area contributed by atoms with Crippen molar-refractivity contribution in [2.45, 2.75) is 55.9 Å². The van der Waals surface area contributed by atoms with Gasteiger partial charge >= 0.3 is 0 Å². The zero-order valence-electron chi connectivity index (χ0n) is 14.4. The second-order valence-electron chi connectivity index (χ2n) is 5.82. The second-order valence-corrected chi connectivity index (χ2v) is 8.60. The fraction of sp³-hybridized carbons (Fsp3) is 0.529. The Morgan fingerprint density at radius 3 is 2.52 bits per heavy atom. The molecular weight excluding hydrogens is 401 g/mol. The van der Waals surface area contributed by atoms with Gasteiger partial charge in [-0.15, -0.1) is 0 Å². The van der Waals surface area contributed by atoms with Crippen LogP contribution in [0.2, 0.25) is 0 Å². The Labute approximate surface area is 170 Å². The van der Waals surface area contributed by atoms with Crippen LogP contribution in [-0.2, 0) is 4.79 Å². The zero-order valence-corrected chi connectivity index (χ0v) is 17.5. The molecule has 140 valence electrons. The van der Waals surface area contributed by atoms with Gasteiger partial charge in [-0.3, -0.25) is 4.79 Å². The first-order valence-corrected chi connectivity index (χ1v) is 9.77. The Bertz CT molecular complexity index is 579. The first-order valence-electron chi connectivity index (χ1n) is 8.22. The lowest BCUT2D eigenvalue weighted by Gasteiger charge is -2.27. The summed E-state index contributed by atoms with van der Waals surface area (Å²) in [4.78, 5) is 12.1. The third-order valence-electron chi connectivity index (χ3n) is 3.44. The van der Waals surface area contributed by atoms with Gasteiger partial charge in [-0.1, -0.05) is 73.1 Å². The van der Waals surface area contributed by atoms with E-state index in [0.717, 1.165) is 36.9 Å². The largest absolute Gasteiger partial charge is 0.339 e. The lowest BCUT2D eigenvalue weighted by molar-refractivity contribution is -0.122. The minimum Gasteiger partial charge on any atom is -0.339 e. The smallest absolute Gasteiger partial charge is 0.228 e. The molecule has 1 aromatic carbocycles. The first-order chi connectivity index (χ1) is 11.7. The molecule has 4 nitrogen and oxygen atoms in total. The number of carbonyl (C=O) groups is 1. The van der Waals surface area contributed by atoms with E-state index in [-0.39, 0.29) is 11.0 Å². The lowest BCUT2D eigenvalue weighted by Crippen LogP contribution is -2.56. The highest BCUT2D eigenvalue weighted by atomic mass is 35.6. The monoisotopic (exact) mass is 423 g/mol. The number of thiocarbonyl (C=S) groups is 1. The number of anilines is 1. The summed E-state index contributed by atoms with van der Waals surface area (Å²) in [5.41, 5.74) is 1.90. The Kier molecular flexibility index (Phi) is 9.87. The van der Waals surface area contributed by atoms with Crippen molar-refractivity contribution in [3.05, 3.63) is 29.8 Å². The predicted molar refractivity (Wildman–Crippen MR) is 112 cm³/mol. The van der Waals surface area contributed by atoms with Crippen molar-refractivity contribution in [3.8, 4) is 0 Å². The molecule has 25 heavy (non-hydrogen) atoms. The Morgan fingerprint density at radius 1 is 1.20 bits per heavy atom. The number of alkyl halides is 3. The highest BCUT2D eigenvalue weighted by molar-refractivity contribution is 7.80. The molecule has 0 aromatic heterocycles. The summed E-state index contributed by atoms with van der Waals surface area (Å²) in [7, 11) is 0. The highest BCUT2D eigenvalue weighted by Crippen LogP contribution is 2.29. The fourth-order valence-electron chi connectivity index (χ4n) is 2.17. The van der Waals surface area contributed by atoms with Crippen molar-refractivity contribution in [1.82, 2.24) is 10.6 Å². The van der Waals surface area contributed by atoms with Crippen LogP contribution in [0.15, 0.2) is 24.3 Å². The van der Waals surface area contributed by atoms with E-state index in [1.807, 2.05) is 31.2 Å². The van der Waals surface area contributed by atoms with Crippen LogP contribution >= 0.6 is 47.0 Å². The average Bonchev–Trinajstić information content (AvgIpc) is 2.50. The zero-order chi connectivity index (χ0) is 18.9. The number of carbonyl (C=O) groups excluding carboxylic acids is 1. The van der Waals surface area contributed by atoms with Crippen LogP contribution in [0.5, 0.6) is 0 Å². The van der Waals surface area contributed by atoms with Crippen molar-refractivity contribution in [2.24, 2.45) is 0 Å². The maximum absolute atomic E-state index is 12.1. The highest BCUT2D eigenvalue weighted by Gasteiger charge is 2.34. The van der Waals surface area contributed by atoms with Crippen molar-refractivity contribution < 1.29 is 4.79 Å². The van der Waals surface area contributed by atoms with Crippen LogP contribution in [0, 0.1) is 6.92 Å².